The average molecular weight is 375 g/mol. The quantitative estimate of drug-likeness (QED) is 0.697. The second-order valence-corrected chi connectivity index (χ2v) is 9.20. The van der Waals surface area contributed by atoms with Crippen LogP contribution >= 0.6 is 0 Å². The summed E-state index contributed by atoms with van der Waals surface area (Å²) in [5.74, 6) is -0.612. The topological polar surface area (TPSA) is 95.0 Å². The van der Waals surface area contributed by atoms with Crippen molar-refractivity contribution in [3.05, 3.63) is 0 Å². The molecule has 0 bridgehead atoms. The zero-order valence-electron chi connectivity index (χ0n) is 15.0. The number of sulfonamides is 1. The number of nitrogens with zero attached hydrogens (tertiary/aromatic N) is 2. The second kappa shape index (κ2) is 8.98. The number of hydrogen-bond acceptors (Lipinski definition) is 4. The number of piperidine rings is 1. The molecule has 1 amide bonds. The van der Waals surface area contributed by atoms with Crippen molar-refractivity contribution >= 4 is 21.9 Å². The minimum Gasteiger partial charge on any atom is -0.481 e. The fraction of sp³-hybridized carbons (Fsp3) is 0.882. The summed E-state index contributed by atoms with van der Waals surface area (Å²) in [7, 11) is -3.38. The van der Waals surface area contributed by atoms with Gasteiger partial charge in [-0.25, -0.2) is 8.42 Å². The molecule has 2 rings (SSSR count). The van der Waals surface area contributed by atoms with Crippen LogP contribution in [0.4, 0.5) is 0 Å². The fourth-order valence-corrected chi connectivity index (χ4v) is 5.68. The van der Waals surface area contributed by atoms with Crippen LogP contribution in [0, 0.1) is 5.92 Å². The van der Waals surface area contributed by atoms with E-state index in [9.17, 15) is 18.0 Å². The SMILES string of the molecule is CCCCS(=O)(=O)N1CCCC1C(=O)N1CCCC(CCC(=O)O)C1. The molecule has 7 nitrogen and oxygen atoms in total. The number of carbonyl (C=O) groups is 2. The van der Waals surface area contributed by atoms with Crippen LogP contribution in [0.3, 0.4) is 0 Å². The maximum Gasteiger partial charge on any atom is 0.303 e. The van der Waals surface area contributed by atoms with Gasteiger partial charge in [0.05, 0.1) is 5.75 Å². The smallest absolute Gasteiger partial charge is 0.303 e. The van der Waals surface area contributed by atoms with Gasteiger partial charge < -0.3 is 10.0 Å². The van der Waals surface area contributed by atoms with Crippen LogP contribution in [-0.4, -0.2) is 66.0 Å². The summed E-state index contributed by atoms with van der Waals surface area (Å²) in [5.41, 5.74) is 0. The molecule has 2 saturated heterocycles. The molecule has 0 saturated carbocycles. The maximum absolute atomic E-state index is 12.9. The minimum atomic E-state index is -3.38. The van der Waals surface area contributed by atoms with E-state index in [0.717, 1.165) is 25.7 Å². The molecule has 2 unspecified atom stereocenters. The van der Waals surface area contributed by atoms with Gasteiger partial charge in [0, 0.05) is 26.1 Å². The van der Waals surface area contributed by atoms with Gasteiger partial charge in [0.15, 0.2) is 0 Å². The van der Waals surface area contributed by atoms with E-state index in [4.69, 9.17) is 5.11 Å². The van der Waals surface area contributed by atoms with Gasteiger partial charge in [-0.2, -0.15) is 4.31 Å². The van der Waals surface area contributed by atoms with Gasteiger partial charge in [-0.3, -0.25) is 9.59 Å². The number of carbonyl (C=O) groups excluding carboxylic acids is 1. The highest BCUT2D eigenvalue weighted by atomic mass is 32.2. The van der Waals surface area contributed by atoms with Crippen LogP contribution in [0.15, 0.2) is 0 Å². The monoisotopic (exact) mass is 374 g/mol. The molecular weight excluding hydrogens is 344 g/mol. The lowest BCUT2D eigenvalue weighted by Crippen LogP contribution is -2.51. The zero-order chi connectivity index (χ0) is 18.4. The first-order chi connectivity index (χ1) is 11.8. The third-order valence-electron chi connectivity index (χ3n) is 5.20. The first-order valence-corrected chi connectivity index (χ1v) is 11.0. The van der Waals surface area contributed by atoms with E-state index in [1.807, 2.05) is 6.92 Å². The van der Waals surface area contributed by atoms with E-state index < -0.39 is 22.0 Å². The Morgan fingerprint density at radius 3 is 2.56 bits per heavy atom. The summed E-state index contributed by atoms with van der Waals surface area (Å²) in [6.45, 7) is 3.57. The number of unbranched alkanes of at least 4 members (excludes halogenated alkanes) is 1. The number of rotatable bonds is 8. The largest absolute Gasteiger partial charge is 0.481 e. The number of aliphatic carboxylic acids is 1. The molecule has 2 heterocycles. The standard InChI is InChI=1S/C17H30N2O5S/c1-2-3-12-25(23,24)19-11-5-7-15(19)17(22)18-10-4-6-14(13-18)8-9-16(20)21/h14-15H,2-13H2,1H3,(H,20,21). The number of carboxylic acids is 1. The molecule has 0 aromatic heterocycles. The summed E-state index contributed by atoms with van der Waals surface area (Å²) in [5, 5.41) is 8.83. The summed E-state index contributed by atoms with van der Waals surface area (Å²) in [4.78, 5) is 25.4. The Balaban J connectivity index is 1.99. The lowest BCUT2D eigenvalue weighted by atomic mass is 9.93. The fourth-order valence-electron chi connectivity index (χ4n) is 3.80. The van der Waals surface area contributed by atoms with Crippen molar-refractivity contribution in [2.45, 2.75) is 64.3 Å². The maximum atomic E-state index is 12.9. The first-order valence-electron chi connectivity index (χ1n) is 9.35. The van der Waals surface area contributed by atoms with E-state index in [-0.39, 0.29) is 24.0 Å². The first kappa shape index (κ1) is 20.2. The number of amides is 1. The van der Waals surface area contributed by atoms with Crippen molar-refractivity contribution in [2.24, 2.45) is 5.92 Å². The number of carboxylic acid groups (broad SMARTS) is 1. The predicted molar refractivity (Wildman–Crippen MR) is 94.6 cm³/mol. The molecule has 0 spiro atoms. The van der Waals surface area contributed by atoms with Crippen LogP contribution < -0.4 is 0 Å². The Bertz CT molecular complexity index is 578. The predicted octanol–water partition coefficient (Wildman–Crippen LogP) is 1.68. The summed E-state index contributed by atoms with van der Waals surface area (Å²) >= 11 is 0. The van der Waals surface area contributed by atoms with Gasteiger partial charge in [0.25, 0.3) is 0 Å². The van der Waals surface area contributed by atoms with Crippen LogP contribution in [0.2, 0.25) is 0 Å². The van der Waals surface area contributed by atoms with Crippen LogP contribution in [0.5, 0.6) is 0 Å². The Morgan fingerprint density at radius 1 is 1.16 bits per heavy atom. The van der Waals surface area contributed by atoms with Gasteiger partial charge in [0.2, 0.25) is 15.9 Å². The van der Waals surface area contributed by atoms with Crippen molar-refractivity contribution in [3.63, 3.8) is 0 Å². The van der Waals surface area contributed by atoms with Crippen LogP contribution in [-0.2, 0) is 19.6 Å². The molecule has 0 aromatic carbocycles. The van der Waals surface area contributed by atoms with Crippen molar-refractivity contribution in [1.82, 2.24) is 9.21 Å². The van der Waals surface area contributed by atoms with Gasteiger partial charge >= 0.3 is 5.97 Å². The Morgan fingerprint density at radius 2 is 1.88 bits per heavy atom. The van der Waals surface area contributed by atoms with Gasteiger partial charge in [-0.15, -0.1) is 0 Å². The summed E-state index contributed by atoms with van der Waals surface area (Å²) < 4.78 is 26.5. The van der Waals surface area contributed by atoms with Crippen LogP contribution in [0.1, 0.15) is 58.3 Å². The van der Waals surface area contributed by atoms with Crippen LogP contribution in [0.25, 0.3) is 0 Å². The van der Waals surface area contributed by atoms with E-state index in [0.29, 0.717) is 38.9 Å². The van der Waals surface area contributed by atoms with Gasteiger partial charge in [-0.1, -0.05) is 13.3 Å². The molecular formula is C17H30N2O5S. The number of hydrogen-bond donors (Lipinski definition) is 1. The van der Waals surface area contributed by atoms with Crippen molar-refractivity contribution in [1.29, 1.82) is 0 Å². The molecule has 0 radical (unpaired) electrons. The molecule has 0 aliphatic carbocycles. The lowest BCUT2D eigenvalue weighted by molar-refractivity contribution is -0.137. The molecule has 1 N–H and O–H groups in total. The zero-order valence-corrected chi connectivity index (χ0v) is 15.8. The molecule has 0 aromatic rings. The minimum absolute atomic E-state index is 0.0994. The lowest BCUT2D eigenvalue weighted by Gasteiger charge is -2.36. The van der Waals surface area contributed by atoms with Gasteiger partial charge in [0.1, 0.15) is 6.04 Å². The van der Waals surface area contributed by atoms with E-state index >= 15 is 0 Å². The normalized spacial score (nSPS) is 25.2. The van der Waals surface area contributed by atoms with Gasteiger partial charge in [-0.05, 0) is 44.4 Å². The molecule has 25 heavy (non-hydrogen) atoms. The second-order valence-electron chi connectivity index (χ2n) is 7.16. The highest BCUT2D eigenvalue weighted by Gasteiger charge is 2.40. The summed E-state index contributed by atoms with van der Waals surface area (Å²) in [6.07, 6.45) is 5.20. The third-order valence-corrected chi connectivity index (χ3v) is 7.16. The average Bonchev–Trinajstić information content (AvgIpc) is 3.08. The third kappa shape index (κ3) is 5.41. The molecule has 2 atom stereocenters. The Kier molecular flexibility index (Phi) is 7.25. The van der Waals surface area contributed by atoms with Crippen molar-refractivity contribution in [3.8, 4) is 0 Å². The Hall–Kier alpha value is -1.15. The van der Waals surface area contributed by atoms with E-state index in [1.165, 1.54) is 4.31 Å². The Labute approximate surface area is 150 Å². The highest BCUT2D eigenvalue weighted by molar-refractivity contribution is 7.89. The molecule has 8 heteroatoms. The summed E-state index contributed by atoms with van der Waals surface area (Å²) in [6, 6.07) is -0.569. The molecule has 2 fully saturated rings. The van der Waals surface area contributed by atoms with Crippen molar-refractivity contribution in [2.75, 3.05) is 25.4 Å². The van der Waals surface area contributed by atoms with E-state index in [1.54, 1.807) is 4.90 Å². The van der Waals surface area contributed by atoms with Crippen molar-refractivity contribution < 1.29 is 23.1 Å². The number of likely N-dealkylation sites (tertiary alicyclic amines) is 1. The molecule has 2 aliphatic heterocycles. The molecule has 144 valence electrons. The van der Waals surface area contributed by atoms with E-state index in [2.05, 4.69) is 0 Å². The highest BCUT2D eigenvalue weighted by Crippen LogP contribution is 2.27. The molecule has 2 aliphatic rings.